The smallest absolute Gasteiger partial charge is 0.274 e. The van der Waals surface area contributed by atoms with Gasteiger partial charge in [-0.15, -0.1) is 0 Å². The third kappa shape index (κ3) is 3.72. The summed E-state index contributed by atoms with van der Waals surface area (Å²) in [6.45, 7) is 2.80. The van der Waals surface area contributed by atoms with Gasteiger partial charge in [-0.2, -0.15) is 0 Å². The van der Waals surface area contributed by atoms with Crippen LogP contribution in [-0.2, 0) is 9.53 Å². The molecule has 3 fully saturated rings. The maximum absolute atomic E-state index is 13.2. The van der Waals surface area contributed by atoms with Gasteiger partial charge >= 0.3 is 0 Å². The van der Waals surface area contributed by atoms with Gasteiger partial charge in [0.1, 0.15) is 5.69 Å². The minimum atomic E-state index is -0.0734. The average Bonchev–Trinajstić information content (AvgIpc) is 3.55. The molecule has 1 aliphatic carbocycles. The highest BCUT2D eigenvalue weighted by molar-refractivity contribution is 5.92. The Morgan fingerprint density at radius 1 is 1.08 bits per heavy atom. The second-order valence-electron chi connectivity index (χ2n) is 7.50. The zero-order valence-electron chi connectivity index (χ0n) is 15.0. The molecule has 3 aliphatic rings. The third-order valence-electron chi connectivity index (χ3n) is 5.63. The van der Waals surface area contributed by atoms with Crippen LogP contribution in [0.5, 0.6) is 0 Å². The highest BCUT2D eigenvalue weighted by atomic mass is 16.5. The molecule has 0 N–H and O–H groups in total. The fourth-order valence-corrected chi connectivity index (χ4v) is 4.11. The van der Waals surface area contributed by atoms with Crippen LogP contribution in [0.3, 0.4) is 0 Å². The molecule has 1 atom stereocenters. The van der Waals surface area contributed by atoms with Gasteiger partial charge in [-0.25, -0.2) is 4.98 Å². The van der Waals surface area contributed by atoms with Crippen LogP contribution in [0.25, 0.3) is 0 Å². The van der Waals surface area contributed by atoms with Crippen LogP contribution < -0.4 is 0 Å². The molecule has 2 saturated heterocycles. The second-order valence-corrected chi connectivity index (χ2v) is 7.50. The standard InChI is InChI=1S/C19H26N4O3/c24-18(14-3-4-14)22-9-1-2-16(13-22)23(15-5-10-26-11-6-15)19(25)17-12-20-7-8-21-17/h7-8,12,14-16H,1-6,9-11,13H2. The van der Waals surface area contributed by atoms with E-state index in [0.29, 0.717) is 25.5 Å². The lowest BCUT2D eigenvalue weighted by Crippen LogP contribution is -2.56. The fraction of sp³-hybridized carbons (Fsp3) is 0.684. The topological polar surface area (TPSA) is 75.6 Å². The molecule has 2 amide bonds. The lowest BCUT2D eigenvalue weighted by atomic mass is 9.97. The summed E-state index contributed by atoms with van der Waals surface area (Å²) >= 11 is 0. The van der Waals surface area contributed by atoms with E-state index in [2.05, 4.69) is 9.97 Å². The van der Waals surface area contributed by atoms with Crippen LogP contribution in [0.2, 0.25) is 0 Å². The Morgan fingerprint density at radius 3 is 2.58 bits per heavy atom. The van der Waals surface area contributed by atoms with Crippen molar-refractivity contribution in [3.63, 3.8) is 0 Å². The van der Waals surface area contributed by atoms with E-state index < -0.39 is 0 Å². The van der Waals surface area contributed by atoms with E-state index >= 15 is 0 Å². The first-order chi connectivity index (χ1) is 12.7. The van der Waals surface area contributed by atoms with Crippen LogP contribution in [0.1, 0.15) is 49.0 Å². The third-order valence-corrected chi connectivity index (χ3v) is 5.63. The number of aromatic nitrogens is 2. The summed E-state index contributed by atoms with van der Waals surface area (Å²) in [5.41, 5.74) is 0.379. The van der Waals surface area contributed by atoms with Gasteiger partial charge in [0.2, 0.25) is 5.91 Å². The predicted molar refractivity (Wildman–Crippen MR) is 94.4 cm³/mol. The maximum Gasteiger partial charge on any atom is 0.274 e. The van der Waals surface area contributed by atoms with Gasteiger partial charge in [0.15, 0.2) is 0 Å². The summed E-state index contributed by atoms with van der Waals surface area (Å²) in [6.07, 6.45) is 10.2. The summed E-state index contributed by atoms with van der Waals surface area (Å²) in [7, 11) is 0. The van der Waals surface area contributed by atoms with Crippen molar-refractivity contribution in [1.82, 2.24) is 19.8 Å². The molecule has 1 aromatic rings. The molecule has 7 nitrogen and oxygen atoms in total. The van der Waals surface area contributed by atoms with Crippen molar-refractivity contribution in [2.75, 3.05) is 26.3 Å². The van der Waals surface area contributed by atoms with Crippen molar-refractivity contribution in [1.29, 1.82) is 0 Å². The van der Waals surface area contributed by atoms with Crippen molar-refractivity contribution in [2.24, 2.45) is 5.92 Å². The molecular formula is C19H26N4O3. The van der Waals surface area contributed by atoms with E-state index in [4.69, 9.17) is 4.74 Å². The normalized spacial score (nSPS) is 24.3. The predicted octanol–water partition coefficient (Wildman–Crippen LogP) is 1.50. The Morgan fingerprint density at radius 2 is 1.88 bits per heavy atom. The van der Waals surface area contributed by atoms with E-state index in [9.17, 15) is 9.59 Å². The molecule has 3 heterocycles. The SMILES string of the molecule is O=C(C1CC1)N1CCCC(N(C(=O)c2cnccn2)C2CCOCC2)C1. The molecule has 1 unspecified atom stereocenters. The van der Waals surface area contributed by atoms with Gasteiger partial charge in [0.05, 0.1) is 12.2 Å². The highest BCUT2D eigenvalue weighted by Gasteiger charge is 2.39. The minimum Gasteiger partial charge on any atom is -0.381 e. The number of hydrogen-bond donors (Lipinski definition) is 0. The Balaban J connectivity index is 1.55. The lowest BCUT2D eigenvalue weighted by molar-refractivity contribution is -0.134. The average molecular weight is 358 g/mol. The van der Waals surface area contributed by atoms with Crippen molar-refractivity contribution < 1.29 is 14.3 Å². The number of piperidine rings is 1. The van der Waals surface area contributed by atoms with Gasteiger partial charge < -0.3 is 14.5 Å². The van der Waals surface area contributed by atoms with E-state index in [1.165, 1.54) is 6.20 Å². The Kier molecular flexibility index (Phi) is 5.15. The molecule has 140 valence electrons. The summed E-state index contributed by atoms with van der Waals surface area (Å²) < 4.78 is 5.49. The van der Waals surface area contributed by atoms with Gasteiger partial charge in [-0.3, -0.25) is 14.6 Å². The molecule has 1 saturated carbocycles. The molecular weight excluding hydrogens is 332 g/mol. The van der Waals surface area contributed by atoms with E-state index in [1.807, 2.05) is 9.80 Å². The molecule has 7 heteroatoms. The number of carbonyl (C=O) groups is 2. The minimum absolute atomic E-state index is 0.0454. The van der Waals surface area contributed by atoms with Gasteiger partial charge in [-0.05, 0) is 38.5 Å². The molecule has 0 bridgehead atoms. The summed E-state index contributed by atoms with van der Waals surface area (Å²) in [5, 5.41) is 0. The van der Waals surface area contributed by atoms with E-state index in [1.54, 1.807) is 12.4 Å². The molecule has 0 aromatic carbocycles. The zero-order valence-corrected chi connectivity index (χ0v) is 15.0. The zero-order chi connectivity index (χ0) is 17.9. The Bertz CT molecular complexity index is 643. The van der Waals surface area contributed by atoms with Crippen molar-refractivity contribution in [2.45, 2.75) is 50.6 Å². The molecule has 0 spiro atoms. The first-order valence-electron chi connectivity index (χ1n) is 9.69. The van der Waals surface area contributed by atoms with Crippen LogP contribution in [0.4, 0.5) is 0 Å². The van der Waals surface area contributed by atoms with Gasteiger partial charge in [0.25, 0.3) is 5.91 Å². The molecule has 1 aromatic heterocycles. The molecule has 4 rings (SSSR count). The highest BCUT2D eigenvalue weighted by Crippen LogP contribution is 2.33. The number of nitrogens with zero attached hydrogens (tertiary/aromatic N) is 4. The number of carbonyl (C=O) groups excluding carboxylic acids is 2. The van der Waals surface area contributed by atoms with E-state index in [-0.39, 0.29) is 29.8 Å². The number of amides is 2. The summed E-state index contributed by atoms with van der Waals surface area (Å²) in [6, 6.07) is 0.184. The second kappa shape index (κ2) is 7.70. The molecule has 26 heavy (non-hydrogen) atoms. The maximum atomic E-state index is 13.2. The van der Waals surface area contributed by atoms with Crippen LogP contribution in [0, 0.1) is 5.92 Å². The fourth-order valence-electron chi connectivity index (χ4n) is 4.11. The van der Waals surface area contributed by atoms with Crippen molar-refractivity contribution >= 4 is 11.8 Å². The lowest BCUT2D eigenvalue weighted by Gasteiger charge is -2.44. The molecule has 0 radical (unpaired) electrons. The van der Waals surface area contributed by atoms with Crippen molar-refractivity contribution in [3.8, 4) is 0 Å². The number of ether oxygens (including phenoxy) is 1. The van der Waals surface area contributed by atoms with Crippen LogP contribution >= 0.6 is 0 Å². The Labute approximate surface area is 153 Å². The number of rotatable bonds is 4. The van der Waals surface area contributed by atoms with E-state index in [0.717, 1.165) is 45.1 Å². The summed E-state index contributed by atoms with van der Waals surface area (Å²) in [5.74, 6) is 0.422. The van der Waals surface area contributed by atoms with Gasteiger partial charge in [0, 0.05) is 50.7 Å². The monoisotopic (exact) mass is 358 g/mol. The first kappa shape index (κ1) is 17.4. The van der Waals surface area contributed by atoms with Gasteiger partial charge in [-0.1, -0.05) is 0 Å². The largest absolute Gasteiger partial charge is 0.381 e. The summed E-state index contributed by atoms with van der Waals surface area (Å²) in [4.78, 5) is 38.0. The molecule has 2 aliphatic heterocycles. The number of likely N-dealkylation sites (tertiary alicyclic amines) is 1. The van der Waals surface area contributed by atoms with Crippen LogP contribution in [0.15, 0.2) is 18.6 Å². The van der Waals surface area contributed by atoms with Crippen LogP contribution in [-0.4, -0.2) is 70.0 Å². The quantitative estimate of drug-likeness (QED) is 0.815. The van der Waals surface area contributed by atoms with Crippen molar-refractivity contribution in [3.05, 3.63) is 24.3 Å². The first-order valence-corrected chi connectivity index (χ1v) is 9.69. The Hall–Kier alpha value is -2.02. The number of hydrogen-bond acceptors (Lipinski definition) is 5.